The Morgan fingerprint density at radius 3 is 2.34 bits per heavy atom. The van der Waals surface area contributed by atoms with E-state index in [1.165, 1.54) is 0 Å². The molecular weight excluding hydrogens is 659 g/mol. The van der Waals surface area contributed by atoms with Crippen LogP contribution in [0, 0.1) is 6.92 Å². The number of aromatic nitrogens is 4. The molecule has 4 heterocycles. The largest absolute Gasteiger partial charge is 0.353 e. The van der Waals surface area contributed by atoms with Crippen molar-refractivity contribution in [2.24, 2.45) is 0 Å². The summed E-state index contributed by atoms with van der Waals surface area (Å²) in [5.74, 6) is 1.86. The van der Waals surface area contributed by atoms with Gasteiger partial charge in [0, 0.05) is 74.4 Å². The van der Waals surface area contributed by atoms with E-state index >= 15 is 0 Å². The summed E-state index contributed by atoms with van der Waals surface area (Å²) < 4.78 is 28.4. The average Bonchev–Trinajstić information content (AvgIpc) is 3.07. The third kappa shape index (κ3) is 8.69. The summed E-state index contributed by atoms with van der Waals surface area (Å²) in [4.78, 5) is 38.9. The number of rotatable bonds is 10. The van der Waals surface area contributed by atoms with Gasteiger partial charge >= 0.3 is 6.03 Å². The summed E-state index contributed by atoms with van der Waals surface area (Å²) in [5, 5.41) is 17.5. The zero-order valence-electron chi connectivity index (χ0n) is 28.5. The molecule has 2 fully saturated rings. The molecule has 4 aromatic rings. The molecular formula is C34H41N11O4S. The molecule has 0 atom stereocenters. The Bertz CT molecular complexity index is 1960. The zero-order chi connectivity index (χ0) is 35.5. The molecule has 2 aromatic carbocycles. The highest BCUT2D eigenvalue weighted by Crippen LogP contribution is 2.24. The first-order valence-electron chi connectivity index (χ1n) is 16.3. The second kappa shape index (κ2) is 14.3. The van der Waals surface area contributed by atoms with Crippen LogP contribution in [0.3, 0.4) is 0 Å². The van der Waals surface area contributed by atoms with Crippen molar-refractivity contribution in [3.8, 4) is 0 Å². The van der Waals surface area contributed by atoms with E-state index in [-0.39, 0.29) is 16.8 Å². The Morgan fingerprint density at radius 2 is 1.66 bits per heavy atom. The molecule has 262 valence electrons. The van der Waals surface area contributed by atoms with Crippen LogP contribution >= 0.6 is 0 Å². The van der Waals surface area contributed by atoms with Crippen molar-refractivity contribution in [1.82, 2.24) is 35.1 Å². The molecule has 15 nitrogen and oxygen atoms in total. The molecule has 0 saturated carbocycles. The monoisotopic (exact) mass is 699 g/mol. The van der Waals surface area contributed by atoms with Crippen LogP contribution in [0.15, 0.2) is 71.8 Å². The van der Waals surface area contributed by atoms with E-state index < -0.39 is 15.6 Å². The minimum Gasteiger partial charge on any atom is -0.353 e. The molecule has 4 N–H and O–H groups in total. The molecule has 2 saturated heterocycles. The SMILES string of the molecule is Cc1cnc(Nc2ccc(N3CCN(Cc4ccc(N5CCC(=O)NC5=O)cc4)CC3)nn2)nc1Nc1cccc(S(=O)(=O)NC(C)(C)C)c1. The van der Waals surface area contributed by atoms with Gasteiger partial charge in [-0.1, -0.05) is 18.2 Å². The number of aryl methyl sites for hydroxylation is 1. The van der Waals surface area contributed by atoms with E-state index in [4.69, 9.17) is 0 Å². The van der Waals surface area contributed by atoms with Gasteiger partial charge in [0.25, 0.3) is 0 Å². The number of anilines is 6. The molecule has 16 heteroatoms. The van der Waals surface area contributed by atoms with Crippen molar-refractivity contribution in [3.05, 3.63) is 78.0 Å². The number of benzene rings is 2. The van der Waals surface area contributed by atoms with E-state index in [1.807, 2.05) is 43.3 Å². The van der Waals surface area contributed by atoms with Crippen molar-refractivity contribution < 1.29 is 18.0 Å². The van der Waals surface area contributed by atoms with Crippen LogP contribution < -0.4 is 30.5 Å². The Kier molecular flexibility index (Phi) is 9.95. The lowest BCUT2D eigenvalue weighted by atomic mass is 10.1. The molecule has 2 aromatic heterocycles. The average molecular weight is 700 g/mol. The van der Waals surface area contributed by atoms with Crippen molar-refractivity contribution in [2.75, 3.05) is 53.2 Å². The van der Waals surface area contributed by atoms with Crippen LogP contribution in [0.25, 0.3) is 0 Å². The number of nitrogens with one attached hydrogen (secondary N) is 4. The number of urea groups is 1. The van der Waals surface area contributed by atoms with Crippen LogP contribution in [0.5, 0.6) is 0 Å². The van der Waals surface area contributed by atoms with Crippen molar-refractivity contribution in [3.63, 3.8) is 0 Å². The highest BCUT2D eigenvalue weighted by Gasteiger charge is 2.25. The summed E-state index contributed by atoms with van der Waals surface area (Å²) in [7, 11) is -3.70. The number of nitrogens with zero attached hydrogens (tertiary/aromatic N) is 7. The highest BCUT2D eigenvalue weighted by atomic mass is 32.2. The minimum absolute atomic E-state index is 0.149. The Labute approximate surface area is 291 Å². The molecule has 2 aliphatic rings. The second-order valence-corrected chi connectivity index (χ2v) is 15.0. The molecule has 0 spiro atoms. The lowest BCUT2D eigenvalue weighted by Crippen LogP contribution is -2.49. The minimum atomic E-state index is -3.70. The molecule has 3 amide bonds. The number of piperazine rings is 1. The summed E-state index contributed by atoms with van der Waals surface area (Å²) in [6.45, 7) is 11.7. The lowest BCUT2D eigenvalue weighted by molar-refractivity contribution is -0.120. The van der Waals surface area contributed by atoms with Crippen LogP contribution in [-0.2, 0) is 21.4 Å². The molecule has 0 unspecified atom stereocenters. The lowest BCUT2D eigenvalue weighted by Gasteiger charge is -2.35. The number of sulfonamides is 1. The number of amides is 3. The molecule has 0 bridgehead atoms. The third-order valence-electron chi connectivity index (χ3n) is 8.11. The van der Waals surface area contributed by atoms with Gasteiger partial charge in [-0.2, -0.15) is 4.98 Å². The first-order valence-corrected chi connectivity index (χ1v) is 17.8. The van der Waals surface area contributed by atoms with Crippen molar-refractivity contribution in [2.45, 2.75) is 51.1 Å². The Hall–Kier alpha value is -5.19. The standard InChI is InChI=1S/C34H41N11O4S/c1-23-21-35-32(39-31(23)36-25-6-5-7-27(20-25)50(48,49)42-34(2,3)4)37-28-12-13-29(41-40-28)44-18-16-43(17-19-44)22-24-8-10-26(11-9-24)45-15-14-30(46)38-33(45)47/h5-13,20-21,42H,14-19,22H2,1-4H3,(H,38,46,47)(H2,35,36,37,39,40). The number of hydrogen-bond acceptors (Lipinski definition) is 12. The van der Waals surface area contributed by atoms with Crippen molar-refractivity contribution >= 4 is 56.7 Å². The smallest absolute Gasteiger partial charge is 0.328 e. The number of hydrogen-bond donors (Lipinski definition) is 4. The molecule has 6 rings (SSSR count). The van der Waals surface area contributed by atoms with Gasteiger partial charge in [0.2, 0.25) is 21.9 Å². The molecule has 0 aliphatic carbocycles. The highest BCUT2D eigenvalue weighted by molar-refractivity contribution is 7.89. The predicted molar refractivity (Wildman–Crippen MR) is 191 cm³/mol. The zero-order valence-corrected chi connectivity index (χ0v) is 29.3. The molecule has 2 aliphatic heterocycles. The van der Waals surface area contributed by atoms with Gasteiger partial charge in [-0.3, -0.25) is 19.9 Å². The summed E-state index contributed by atoms with van der Waals surface area (Å²) in [5.41, 5.74) is 2.66. The maximum atomic E-state index is 12.8. The number of imide groups is 1. The normalized spacial score (nSPS) is 15.9. The van der Waals surface area contributed by atoms with Gasteiger partial charge in [0.1, 0.15) is 5.82 Å². The van der Waals surface area contributed by atoms with E-state index in [9.17, 15) is 18.0 Å². The quantitative estimate of drug-likeness (QED) is 0.188. The maximum Gasteiger partial charge on any atom is 0.328 e. The predicted octanol–water partition coefficient (Wildman–Crippen LogP) is 3.91. The Balaban J connectivity index is 1.01. The number of carbonyl (C=O) groups excluding carboxylic acids is 2. The fourth-order valence-corrected chi connectivity index (χ4v) is 7.09. The van der Waals surface area contributed by atoms with Crippen LogP contribution in [0.2, 0.25) is 0 Å². The van der Waals surface area contributed by atoms with Gasteiger partial charge in [-0.05, 0) is 75.7 Å². The van der Waals surface area contributed by atoms with E-state index in [2.05, 4.69) is 50.6 Å². The number of carbonyl (C=O) groups is 2. The van der Waals surface area contributed by atoms with Gasteiger partial charge in [0.15, 0.2) is 11.6 Å². The van der Waals surface area contributed by atoms with Gasteiger partial charge in [-0.25, -0.2) is 22.9 Å². The van der Waals surface area contributed by atoms with Crippen LogP contribution in [0.1, 0.15) is 38.3 Å². The second-order valence-electron chi connectivity index (χ2n) is 13.3. The molecule has 0 radical (unpaired) electrons. The van der Waals surface area contributed by atoms with Crippen LogP contribution in [0.4, 0.5) is 39.6 Å². The summed E-state index contributed by atoms with van der Waals surface area (Å²) >= 11 is 0. The maximum absolute atomic E-state index is 12.8. The van der Waals surface area contributed by atoms with Crippen LogP contribution in [-0.4, -0.2) is 83.7 Å². The first-order chi connectivity index (χ1) is 23.8. The van der Waals surface area contributed by atoms with E-state index in [0.29, 0.717) is 36.2 Å². The van der Waals surface area contributed by atoms with Gasteiger partial charge in [-0.15, -0.1) is 10.2 Å². The fourth-order valence-electron chi connectivity index (χ4n) is 5.63. The first kappa shape index (κ1) is 34.7. The summed E-state index contributed by atoms with van der Waals surface area (Å²) in [6, 6.07) is 17.8. The van der Waals surface area contributed by atoms with E-state index in [1.54, 1.807) is 56.1 Å². The third-order valence-corrected chi connectivity index (χ3v) is 9.87. The topological polar surface area (TPSA) is 178 Å². The van der Waals surface area contributed by atoms with E-state index in [0.717, 1.165) is 55.4 Å². The van der Waals surface area contributed by atoms with Crippen molar-refractivity contribution in [1.29, 1.82) is 0 Å². The van der Waals surface area contributed by atoms with Gasteiger partial charge in [0.05, 0.1) is 4.90 Å². The summed E-state index contributed by atoms with van der Waals surface area (Å²) in [6.07, 6.45) is 1.97. The molecule has 50 heavy (non-hydrogen) atoms. The van der Waals surface area contributed by atoms with Gasteiger partial charge < -0.3 is 15.5 Å². The fraction of sp³-hybridized carbons (Fsp3) is 0.353. The Morgan fingerprint density at radius 1 is 0.900 bits per heavy atom.